The molecule has 2 unspecified atom stereocenters. The molecule has 3 heterocycles. The lowest BCUT2D eigenvalue weighted by Crippen LogP contribution is -2.64. The Morgan fingerprint density at radius 2 is 1.91 bits per heavy atom. The molecular weight excluding hydrogens is 437 g/mol. The Balaban J connectivity index is 1.44. The van der Waals surface area contributed by atoms with E-state index < -0.39 is 30.0 Å². The molecule has 2 saturated heterocycles. The van der Waals surface area contributed by atoms with Gasteiger partial charge < -0.3 is 19.4 Å². The molecule has 2 atom stereocenters. The molecule has 0 N–H and O–H groups in total. The van der Waals surface area contributed by atoms with E-state index in [4.69, 9.17) is 21.3 Å². The molecule has 8 nitrogen and oxygen atoms in total. The second kappa shape index (κ2) is 7.67. The van der Waals surface area contributed by atoms with Gasteiger partial charge in [0.2, 0.25) is 5.96 Å². The fourth-order valence-corrected chi connectivity index (χ4v) is 4.65. The Kier molecular flexibility index (Phi) is 4.93. The first-order valence-electron chi connectivity index (χ1n) is 10.2. The van der Waals surface area contributed by atoms with Gasteiger partial charge in [-0.05, 0) is 36.4 Å². The van der Waals surface area contributed by atoms with E-state index in [9.17, 15) is 14.0 Å². The summed E-state index contributed by atoms with van der Waals surface area (Å²) in [6.45, 7) is 0.995. The molecule has 10 heteroatoms. The van der Waals surface area contributed by atoms with Gasteiger partial charge in [-0.25, -0.2) is 14.2 Å². The first-order valence-corrected chi connectivity index (χ1v) is 10.6. The number of hydrogen-bond donors (Lipinski definition) is 0. The van der Waals surface area contributed by atoms with Crippen molar-refractivity contribution in [3.63, 3.8) is 0 Å². The van der Waals surface area contributed by atoms with Crippen LogP contribution in [0.25, 0.3) is 0 Å². The van der Waals surface area contributed by atoms with Crippen molar-refractivity contribution in [1.29, 1.82) is 0 Å². The van der Waals surface area contributed by atoms with E-state index in [-0.39, 0.29) is 17.1 Å². The van der Waals surface area contributed by atoms with Crippen LogP contribution in [0, 0.1) is 5.82 Å². The number of carbonyl (C=O) groups excluding carboxylic acids is 2. The van der Waals surface area contributed by atoms with Crippen LogP contribution >= 0.6 is 11.6 Å². The topological polar surface area (TPSA) is 68.7 Å². The molecule has 2 aromatic rings. The molecule has 32 heavy (non-hydrogen) atoms. The molecule has 0 bridgehead atoms. The normalized spacial score (nSPS) is 22.3. The van der Waals surface area contributed by atoms with E-state index in [2.05, 4.69) is 0 Å². The smallest absolute Gasteiger partial charge is 0.328 e. The van der Waals surface area contributed by atoms with Crippen molar-refractivity contribution in [2.45, 2.75) is 18.8 Å². The van der Waals surface area contributed by atoms with Crippen molar-refractivity contribution < 1.29 is 18.7 Å². The first-order chi connectivity index (χ1) is 15.4. The van der Waals surface area contributed by atoms with Crippen molar-refractivity contribution in [2.24, 2.45) is 4.99 Å². The predicted molar refractivity (Wildman–Crippen MR) is 117 cm³/mol. The van der Waals surface area contributed by atoms with E-state index in [0.29, 0.717) is 19.0 Å². The maximum atomic E-state index is 14.3. The summed E-state index contributed by atoms with van der Waals surface area (Å²) in [5, 5.41) is 0.172. The molecule has 0 radical (unpaired) electrons. The number of rotatable bonds is 4. The number of fused-ring (bicyclic) bond motifs is 3. The van der Waals surface area contributed by atoms with Crippen LogP contribution in [0.3, 0.4) is 0 Å². The molecular formula is C22H21ClFN5O3. The van der Waals surface area contributed by atoms with Gasteiger partial charge in [-0.1, -0.05) is 17.7 Å². The quantitative estimate of drug-likeness (QED) is 0.706. The lowest BCUT2D eigenvalue weighted by atomic mass is 10.1. The van der Waals surface area contributed by atoms with Crippen molar-refractivity contribution in [3.8, 4) is 5.75 Å². The molecule has 0 aliphatic carbocycles. The summed E-state index contributed by atoms with van der Waals surface area (Å²) in [4.78, 5) is 37.6. The maximum absolute atomic E-state index is 14.3. The number of amides is 3. The van der Waals surface area contributed by atoms with Crippen LogP contribution < -0.4 is 9.64 Å². The third kappa shape index (κ3) is 3.07. The highest BCUT2D eigenvalue weighted by Crippen LogP contribution is 2.34. The highest BCUT2D eigenvalue weighted by Gasteiger charge is 2.54. The van der Waals surface area contributed by atoms with Gasteiger partial charge in [0.1, 0.15) is 11.6 Å². The molecule has 3 aliphatic heterocycles. The van der Waals surface area contributed by atoms with Gasteiger partial charge in [0.05, 0.1) is 13.7 Å². The zero-order valence-electron chi connectivity index (χ0n) is 17.5. The van der Waals surface area contributed by atoms with Crippen molar-refractivity contribution in [2.75, 3.05) is 32.1 Å². The van der Waals surface area contributed by atoms with Crippen LogP contribution in [0.2, 0.25) is 5.02 Å². The van der Waals surface area contributed by atoms with Crippen LogP contribution in [-0.4, -0.2) is 72.1 Å². The van der Waals surface area contributed by atoms with Crippen molar-refractivity contribution >= 4 is 35.2 Å². The highest BCUT2D eigenvalue weighted by atomic mass is 35.5. The number of likely N-dealkylation sites (N-methyl/N-ethyl adjacent to an activating group) is 1. The van der Waals surface area contributed by atoms with Crippen LogP contribution in [0.1, 0.15) is 5.56 Å². The van der Waals surface area contributed by atoms with Crippen LogP contribution in [0.4, 0.5) is 14.9 Å². The molecule has 3 amide bonds. The molecule has 0 spiro atoms. The summed E-state index contributed by atoms with van der Waals surface area (Å²) in [6.07, 6.45) is -0.640. The summed E-state index contributed by atoms with van der Waals surface area (Å²) >= 11 is 6.14. The molecule has 3 aliphatic rings. The van der Waals surface area contributed by atoms with Crippen molar-refractivity contribution in [3.05, 3.63) is 58.9 Å². The summed E-state index contributed by atoms with van der Waals surface area (Å²) < 4.78 is 19.6. The fraction of sp³-hybridized carbons (Fsp3) is 0.318. The summed E-state index contributed by atoms with van der Waals surface area (Å²) in [6, 6.07) is 10.7. The van der Waals surface area contributed by atoms with Gasteiger partial charge in [0.15, 0.2) is 12.2 Å². The lowest BCUT2D eigenvalue weighted by molar-refractivity contribution is -0.137. The van der Waals surface area contributed by atoms with Crippen LogP contribution in [-0.2, 0) is 11.3 Å². The van der Waals surface area contributed by atoms with Gasteiger partial charge in [-0.15, -0.1) is 0 Å². The van der Waals surface area contributed by atoms with Gasteiger partial charge in [-0.3, -0.25) is 9.69 Å². The van der Waals surface area contributed by atoms with E-state index in [1.807, 2.05) is 34.1 Å². The number of hydrogen-bond acceptors (Lipinski definition) is 6. The summed E-state index contributed by atoms with van der Waals surface area (Å²) in [5.41, 5.74) is 1.03. The van der Waals surface area contributed by atoms with Gasteiger partial charge >= 0.3 is 6.03 Å². The lowest BCUT2D eigenvalue weighted by Gasteiger charge is -2.40. The zero-order valence-corrected chi connectivity index (χ0v) is 18.3. The largest absolute Gasteiger partial charge is 0.497 e. The number of guanidine groups is 1. The third-order valence-corrected chi connectivity index (χ3v) is 6.49. The fourth-order valence-electron chi connectivity index (χ4n) is 4.43. The van der Waals surface area contributed by atoms with E-state index in [1.54, 1.807) is 14.2 Å². The number of ether oxygens (including phenoxy) is 1. The SMILES string of the molecule is COc1ccc(N2CCN3C2=NC2C3C(=O)N(Cc3c(F)cccc3Cl)C(=O)N2C)cc1. The Morgan fingerprint density at radius 1 is 1.16 bits per heavy atom. The van der Waals surface area contributed by atoms with Gasteiger partial charge in [0, 0.05) is 36.4 Å². The average molecular weight is 458 g/mol. The van der Waals surface area contributed by atoms with E-state index in [1.165, 1.54) is 23.1 Å². The molecule has 166 valence electrons. The molecule has 2 aromatic carbocycles. The monoisotopic (exact) mass is 457 g/mol. The number of imide groups is 1. The highest BCUT2D eigenvalue weighted by molar-refractivity contribution is 6.31. The summed E-state index contributed by atoms with van der Waals surface area (Å²) in [7, 11) is 3.21. The predicted octanol–water partition coefficient (Wildman–Crippen LogP) is 2.77. The maximum Gasteiger partial charge on any atom is 0.328 e. The minimum absolute atomic E-state index is 0.114. The number of carbonyl (C=O) groups is 2. The minimum Gasteiger partial charge on any atom is -0.497 e. The summed E-state index contributed by atoms with van der Waals surface area (Å²) in [5.74, 6) is 0.421. The number of benzene rings is 2. The Labute approximate surface area is 189 Å². The molecule has 2 fully saturated rings. The second-order valence-corrected chi connectivity index (χ2v) is 8.26. The number of aliphatic imine (C=N–C) groups is 1. The van der Waals surface area contributed by atoms with Gasteiger partial charge in [0.25, 0.3) is 5.91 Å². The van der Waals surface area contributed by atoms with Crippen molar-refractivity contribution in [1.82, 2.24) is 14.7 Å². The molecule has 0 saturated carbocycles. The van der Waals surface area contributed by atoms with Crippen LogP contribution in [0.15, 0.2) is 47.5 Å². The first kappa shape index (κ1) is 20.6. The number of halogens is 2. The third-order valence-electron chi connectivity index (χ3n) is 6.14. The number of methoxy groups -OCH3 is 1. The van der Waals surface area contributed by atoms with E-state index in [0.717, 1.165) is 16.3 Å². The second-order valence-electron chi connectivity index (χ2n) is 7.85. The number of nitrogens with zero attached hydrogens (tertiary/aromatic N) is 5. The Hall–Kier alpha value is -3.33. The van der Waals surface area contributed by atoms with Gasteiger partial charge in [-0.2, -0.15) is 0 Å². The minimum atomic E-state index is -0.665. The number of anilines is 1. The zero-order chi connectivity index (χ0) is 22.6. The number of urea groups is 1. The van der Waals surface area contributed by atoms with Crippen LogP contribution in [0.5, 0.6) is 5.75 Å². The molecule has 0 aromatic heterocycles. The average Bonchev–Trinajstić information content (AvgIpc) is 3.36. The Morgan fingerprint density at radius 3 is 2.59 bits per heavy atom. The molecule has 5 rings (SSSR count). The van der Waals surface area contributed by atoms with E-state index >= 15 is 0 Å². The standard InChI is InChI=1S/C22H21ClFN5O3/c1-26-19-18(20(30)29(22(26)31)12-15-16(23)4-3-5-17(15)24)28-11-10-27(21(28)25-19)13-6-8-14(32-2)9-7-13/h3-9,18-19H,10-12H2,1-2H3. The Bertz CT molecular complexity index is 1100.